The molecule has 1 aliphatic carbocycles. The summed E-state index contributed by atoms with van der Waals surface area (Å²) >= 11 is 0. The summed E-state index contributed by atoms with van der Waals surface area (Å²) in [6, 6.07) is 15.5. The lowest BCUT2D eigenvalue weighted by Crippen LogP contribution is -2.27. The van der Waals surface area contributed by atoms with E-state index >= 15 is 0 Å². The van der Waals surface area contributed by atoms with Crippen LogP contribution in [0, 0.1) is 0 Å². The van der Waals surface area contributed by atoms with E-state index in [0.29, 0.717) is 40.0 Å². The summed E-state index contributed by atoms with van der Waals surface area (Å²) in [6.45, 7) is 0. The molecule has 0 fully saturated rings. The second-order valence-corrected chi connectivity index (χ2v) is 10.1. The Labute approximate surface area is 238 Å². The summed E-state index contributed by atoms with van der Waals surface area (Å²) < 4.78 is 5.45. The number of nitrogens with two attached hydrogens (primary N) is 1. The molecule has 0 aliphatic heterocycles. The summed E-state index contributed by atoms with van der Waals surface area (Å²) in [5, 5.41) is 7.52. The van der Waals surface area contributed by atoms with E-state index in [9.17, 15) is 4.79 Å². The highest BCUT2D eigenvalue weighted by molar-refractivity contribution is 5.94. The minimum atomic E-state index is -0.176. The quantitative estimate of drug-likeness (QED) is 0.328. The number of aryl methyl sites for hydroxylation is 1. The second-order valence-electron chi connectivity index (χ2n) is 10.1. The Morgan fingerprint density at radius 2 is 1.93 bits per heavy atom. The van der Waals surface area contributed by atoms with Crippen molar-refractivity contribution < 1.29 is 4.79 Å². The predicted molar refractivity (Wildman–Crippen MR) is 155 cm³/mol. The van der Waals surface area contributed by atoms with Gasteiger partial charge < -0.3 is 11.1 Å². The summed E-state index contributed by atoms with van der Waals surface area (Å²) in [4.78, 5) is 35.7. The molecule has 0 saturated heterocycles. The minimum Gasteiger partial charge on any atom is -0.383 e. The average Bonchev–Trinajstić information content (AvgIpc) is 3.83. The highest BCUT2D eigenvalue weighted by Crippen LogP contribution is 2.36. The minimum absolute atomic E-state index is 0.113. The molecule has 3 N–H and O–H groups in total. The van der Waals surface area contributed by atoms with Gasteiger partial charge in [0.15, 0.2) is 17.3 Å². The number of benzene rings is 1. The lowest BCUT2D eigenvalue weighted by atomic mass is 10.1. The molecule has 42 heavy (non-hydrogen) atoms. The molecule has 1 aliphatic rings. The topological polar surface area (TPSA) is 147 Å². The number of aromatic nitrogens is 9. The van der Waals surface area contributed by atoms with Gasteiger partial charge >= 0.3 is 0 Å². The van der Waals surface area contributed by atoms with Gasteiger partial charge in [-0.05, 0) is 66.4 Å². The number of anilines is 1. The number of nitrogens with zero attached hydrogens (tertiary/aromatic N) is 9. The van der Waals surface area contributed by atoms with Gasteiger partial charge in [0.2, 0.25) is 5.78 Å². The first-order chi connectivity index (χ1) is 20.6. The molecule has 12 nitrogen and oxygen atoms in total. The van der Waals surface area contributed by atoms with Gasteiger partial charge in [0.25, 0.3) is 5.91 Å². The molecule has 204 valence electrons. The van der Waals surface area contributed by atoms with Crippen molar-refractivity contribution in [2.45, 2.75) is 18.9 Å². The Bertz CT molecular complexity index is 2130. The lowest BCUT2D eigenvalue weighted by molar-refractivity contribution is 0.0936. The third kappa shape index (κ3) is 3.88. The monoisotopic (exact) mass is 553 g/mol. The molecule has 0 radical (unpaired) electrons. The van der Waals surface area contributed by atoms with Crippen LogP contribution in [0.25, 0.3) is 39.8 Å². The summed E-state index contributed by atoms with van der Waals surface area (Å²) in [5.74, 6) is 2.08. The smallest absolute Gasteiger partial charge is 0.254 e. The number of carbonyl (C=O) groups excluding carboxylic acids is 1. The maximum Gasteiger partial charge on any atom is 0.254 e. The maximum absolute atomic E-state index is 13.1. The van der Waals surface area contributed by atoms with Crippen molar-refractivity contribution in [3.8, 4) is 22.9 Å². The Morgan fingerprint density at radius 1 is 0.976 bits per heavy atom. The van der Waals surface area contributed by atoms with Crippen LogP contribution in [0.15, 0.2) is 91.9 Å². The van der Waals surface area contributed by atoms with Gasteiger partial charge in [0.05, 0.1) is 17.2 Å². The zero-order chi connectivity index (χ0) is 28.2. The molecule has 12 heteroatoms. The zero-order valence-electron chi connectivity index (χ0n) is 22.2. The average molecular weight is 554 g/mol. The van der Waals surface area contributed by atoms with Crippen LogP contribution >= 0.6 is 0 Å². The molecular formula is C30H23N11O. The Hall–Kier alpha value is -5.91. The van der Waals surface area contributed by atoms with Crippen LogP contribution in [0.2, 0.25) is 0 Å². The van der Waals surface area contributed by atoms with Crippen LogP contribution in [0.1, 0.15) is 33.9 Å². The fraction of sp³-hybridized carbons (Fsp3) is 0.100. The van der Waals surface area contributed by atoms with E-state index < -0.39 is 0 Å². The number of pyridine rings is 2. The Balaban J connectivity index is 1.19. The number of hydrogen-bond acceptors (Lipinski definition) is 8. The summed E-state index contributed by atoms with van der Waals surface area (Å²) in [6.07, 6.45) is 13.5. The molecule has 0 saturated carbocycles. The fourth-order valence-electron chi connectivity index (χ4n) is 5.58. The SMILES string of the molecule is Nc1ncccc1-c1nc2ccc(-n3cccn3)nc2n1-c1ccc2c(c1)CC[C@@H]2NC(=O)c1cnc2nccn2c1. The van der Waals surface area contributed by atoms with Crippen molar-refractivity contribution >= 4 is 28.7 Å². The van der Waals surface area contributed by atoms with E-state index in [1.54, 1.807) is 46.3 Å². The largest absolute Gasteiger partial charge is 0.383 e. The lowest BCUT2D eigenvalue weighted by Gasteiger charge is -2.16. The second kappa shape index (κ2) is 9.34. The third-order valence-electron chi connectivity index (χ3n) is 7.58. The number of nitrogens with one attached hydrogen (secondary N) is 1. The molecule has 1 atom stereocenters. The van der Waals surface area contributed by atoms with Crippen molar-refractivity contribution in [1.29, 1.82) is 0 Å². The summed E-state index contributed by atoms with van der Waals surface area (Å²) in [5.41, 5.74) is 12.0. The van der Waals surface area contributed by atoms with Crippen LogP contribution in [-0.4, -0.2) is 49.6 Å². The highest BCUT2D eigenvalue weighted by atomic mass is 16.1. The molecule has 0 unspecified atom stereocenters. The van der Waals surface area contributed by atoms with Gasteiger partial charge in [-0.2, -0.15) is 5.10 Å². The van der Waals surface area contributed by atoms with Crippen LogP contribution in [0.5, 0.6) is 0 Å². The molecular weight excluding hydrogens is 530 g/mol. The van der Waals surface area contributed by atoms with Crippen LogP contribution in [-0.2, 0) is 6.42 Å². The van der Waals surface area contributed by atoms with Crippen molar-refractivity contribution in [1.82, 2.24) is 49.0 Å². The number of imidazole rings is 2. The van der Waals surface area contributed by atoms with Gasteiger partial charge in [0.1, 0.15) is 11.3 Å². The van der Waals surface area contributed by atoms with E-state index in [1.165, 1.54) is 0 Å². The molecule has 7 aromatic rings. The van der Waals surface area contributed by atoms with Gasteiger partial charge in [-0.15, -0.1) is 0 Å². The number of amides is 1. The third-order valence-corrected chi connectivity index (χ3v) is 7.58. The molecule has 6 aromatic heterocycles. The van der Waals surface area contributed by atoms with Crippen LogP contribution in [0.3, 0.4) is 0 Å². The Kier molecular flexibility index (Phi) is 5.32. The van der Waals surface area contributed by atoms with Gasteiger partial charge in [-0.1, -0.05) is 6.07 Å². The first-order valence-corrected chi connectivity index (χ1v) is 13.5. The van der Waals surface area contributed by atoms with Crippen LogP contribution < -0.4 is 11.1 Å². The number of nitrogen functional groups attached to an aromatic ring is 1. The van der Waals surface area contributed by atoms with Crippen molar-refractivity contribution in [3.05, 3.63) is 109 Å². The van der Waals surface area contributed by atoms with E-state index in [1.807, 2.05) is 47.2 Å². The highest BCUT2D eigenvalue weighted by Gasteiger charge is 2.26. The van der Waals surface area contributed by atoms with Crippen molar-refractivity contribution in [3.63, 3.8) is 0 Å². The molecule has 0 bridgehead atoms. The molecule has 1 amide bonds. The molecule has 8 rings (SSSR count). The fourth-order valence-corrected chi connectivity index (χ4v) is 5.58. The molecule has 1 aromatic carbocycles. The first-order valence-electron chi connectivity index (χ1n) is 13.5. The van der Waals surface area contributed by atoms with Gasteiger partial charge in [0, 0.05) is 49.1 Å². The van der Waals surface area contributed by atoms with Crippen molar-refractivity contribution in [2.75, 3.05) is 5.73 Å². The van der Waals surface area contributed by atoms with Gasteiger partial charge in [-0.3, -0.25) is 13.8 Å². The normalized spacial score (nSPS) is 14.4. The number of fused-ring (bicyclic) bond motifs is 3. The van der Waals surface area contributed by atoms with Crippen LogP contribution in [0.4, 0.5) is 5.82 Å². The number of carbonyl (C=O) groups is 1. The summed E-state index contributed by atoms with van der Waals surface area (Å²) in [7, 11) is 0. The molecule has 6 heterocycles. The number of hydrogen-bond donors (Lipinski definition) is 2. The molecule has 0 spiro atoms. The zero-order valence-corrected chi connectivity index (χ0v) is 22.2. The van der Waals surface area contributed by atoms with E-state index in [2.05, 4.69) is 37.5 Å². The standard InChI is InChI=1S/C30H23N11O/c31-26-22(3-1-10-32-26)27-36-24-8-9-25(40-13-2-11-35-40)38-28(24)41(27)20-5-6-21-18(15-20)4-7-23(21)37-29(42)19-16-34-30-33-12-14-39(30)17-19/h1-3,5-6,8-17,23H,4,7H2,(H2,31,32)(H,37,42)/t23-/m0/s1. The van der Waals surface area contributed by atoms with E-state index in [4.69, 9.17) is 15.7 Å². The van der Waals surface area contributed by atoms with Crippen molar-refractivity contribution in [2.24, 2.45) is 0 Å². The maximum atomic E-state index is 13.1. The van der Waals surface area contributed by atoms with E-state index in [-0.39, 0.29) is 11.9 Å². The van der Waals surface area contributed by atoms with E-state index in [0.717, 1.165) is 35.2 Å². The van der Waals surface area contributed by atoms with Gasteiger partial charge in [-0.25, -0.2) is 29.6 Å². The first kappa shape index (κ1) is 23.9. The number of rotatable bonds is 5. The predicted octanol–water partition coefficient (Wildman–Crippen LogP) is 3.71. The Morgan fingerprint density at radius 3 is 2.81 bits per heavy atom.